The maximum absolute atomic E-state index is 11.2. The standard InChI is InChI=1S/C22H21N7O5S/c23-20-17-13(5-6-15-14-4-2-1-3-12(14)7-8-25-15)10-29(21(17)27-11-26-20)22-19(31)18(30)16(34-22)9-28-35(24,32)33/h1-4,7-8,10-11,16,18-19,22,28,30-31H,9H2,(H2,23,26,27)(H2,24,32,33)/t16-,18-,19-,22-/m1/s1. The highest BCUT2D eigenvalue weighted by atomic mass is 32.2. The fourth-order valence-electron chi connectivity index (χ4n) is 4.07. The van der Waals surface area contributed by atoms with Crippen molar-refractivity contribution in [3.8, 4) is 11.8 Å². The third kappa shape index (κ3) is 4.42. The second-order valence-corrected chi connectivity index (χ2v) is 9.36. The summed E-state index contributed by atoms with van der Waals surface area (Å²) in [5.41, 5.74) is 7.48. The fourth-order valence-corrected chi connectivity index (χ4v) is 4.47. The molecule has 1 saturated heterocycles. The minimum Gasteiger partial charge on any atom is -0.387 e. The molecule has 12 nitrogen and oxygen atoms in total. The lowest BCUT2D eigenvalue weighted by Gasteiger charge is -2.17. The van der Waals surface area contributed by atoms with Gasteiger partial charge in [-0.1, -0.05) is 30.2 Å². The topological polar surface area (TPSA) is 191 Å². The number of aliphatic hydroxyl groups excluding tert-OH is 2. The molecule has 0 unspecified atom stereocenters. The van der Waals surface area contributed by atoms with Crippen LogP contribution in [0.4, 0.5) is 5.82 Å². The molecule has 5 rings (SSSR count). The molecule has 0 bridgehead atoms. The summed E-state index contributed by atoms with van der Waals surface area (Å²) in [5.74, 6) is 6.30. The average molecular weight is 496 g/mol. The molecule has 0 saturated carbocycles. The SMILES string of the molecule is Nc1ncnc2c1c(C#Cc1nccc3ccccc13)cn2[C@@H]1O[C@H](CNS(N)(=O)=O)[C@@H](O)[C@H]1O. The van der Waals surface area contributed by atoms with Crippen LogP contribution in [-0.2, 0) is 14.9 Å². The number of nitrogen functional groups attached to an aromatic ring is 1. The molecular weight excluding hydrogens is 474 g/mol. The van der Waals surface area contributed by atoms with E-state index in [1.54, 1.807) is 12.4 Å². The van der Waals surface area contributed by atoms with E-state index in [9.17, 15) is 18.6 Å². The molecule has 0 spiro atoms. The van der Waals surface area contributed by atoms with Gasteiger partial charge in [0.15, 0.2) is 6.23 Å². The van der Waals surface area contributed by atoms with Crippen molar-refractivity contribution in [2.24, 2.45) is 5.14 Å². The Balaban J connectivity index is 1.55. The van der Waals surface area contributed by atoms with Crippen LogP contribution < -0.4 is 15.6 Å². The van der Waals surface area contributed by atoms with Gasteiger partial charge in [-0.25, -0.2) is 20.1 Å². The normalized spacial score (nSPS) is 22.4. The van der Waals surface area contributed by atoms with Gasteiger partial charge >= 0.3 is 0 Å². The van der Waals surface area contributed by atoms with Crippen molar-refractivity contribution < 1.29 is 23.4 Å². The molecule has 1 aliphatic rings. The summed E-state index contributed by atoms with van der Waals surface area (Å²) >= 11 is 0. The van der Waals surface area contributed by atoms with E-state index < -0.39 is 34.7 Å². The summed E-state index contributed by atoms with van der Waals surface area (Å²) in [5, 5.41) is 28.3. The molecule has 0 amide bonds. The second kappa shape index (κ2) is 8.86. The van der Waals surface area contributed by atoms with Crippen LogP contribution in [0.2, 0.25) is 0 Å². The van der Waals surface area contributed by atoms with Crippen LogP contribution in [0.1, 0.15) is 17.5 Å². The van der Waals surface area contributed by atoms with Crippen LogP contribution in [0.3, 0.4) is 0 Å². The first-order valence-corrected chi connectivity index (χ1v) is 12.0. The second-order valence-electron chi connectivity index (χ2n) is 7.98. The predicted octanol–water partition coefficient (Wildman–Crippen LogP) is -0.626. The number of aromatic nitrogens is 4. The molecular formula is C22H21N7O5S. The van der Waals surface area contributed by atoms with Crippen LogP contribution in [0.15, 0.2) is 49.1 Å². The van der Waals surface area contributed by atoms with Gasteiger partial charge in [-0.15, -0.1) is 0 Å². The van der Waals surface area contributed by atoms with Gasteiger partial charge in [-0.05, 0) is 17.4 Å². The van der Waals surface area contributed by atoms with E-state index in [1.165, 1.54) is 10.9 Å². The highest BCUT2D eigenvalue weighted by Gasteiger charge is 2.44. The van der Waals surface area contributed by atoms with Crippen molar-refractivity contribution >= 4 is 37.8 Å². The van der Waals surface area contributed by atoms with Crippen molar-refractivity contribution in [1.29, 1.82) is 0 Å². The smallest absolute Gasteiger partial charge is 0.274 e. The maximum Gasteiger partial charge on any atom is 0.274 e. The minimum atomic E-state index is -4.01. The highest BCUT2D eigenvalue weighted by molar-refractivity contribution is 7.87. The summed E-state index contributed by atoms with van der Waals surface area (Å²) in [6.45, 7) is -0.330. The summed E-state index contributed by atoms with van der Waals surface area (Å²) in [6, 6.07) is 9.61. The van der Waals surface area contributed by atoms with Gasteiger partial charge in [-0.2, -0.15) is 13.1 Å². The molecule has 180 valence electrons. The molecule has 1 aliphatic heterocycles. The highest BCUT2D eigenvalue weighted by Crippen LogP contribution is 2.34. The van der Waals surface area contributed by atoms with E-state index in [2.05, 4.69) is 31.5 Å². The Bertz CT molecular complexity index is 1590. The number of hydrogen-bond donors (Lipinski definition) is 5. The molecule has 7 N–H and O–H groups in total. The lowest BCUT2D eigenvalue weighted by atomic mass is 10.1. The minimum absolute atomic E-state index is 0.171. The van der Waals surface area contributed by atoms with Gasteiger partial charge in [0.2, 0.25) is 0 Å². The van der Waals surface area contributed by atoms with Gasteiger partial charge in [0.1, 0.15) is 41.8 Å². The van der Waals surface area contributed by atoms with Crippen LogP contribution >= 0.6 is 0 Å². The number of pyridine rings is 1. The third-order valence-corrected chi connectivity index (χ3v) is 6.29. The third-order valence-electron chi connectivity index (χ3n) is 5.72. The van der Waals surface area contributed by atoms with Crippen LogP contribution in [-0.4, -0.2) is 63.0 Å². The lowest BCUT2D eigenvalue weighted by molar-refractivity contribution is -0.0327. The van der Waals surface area contributed by atoms with Crippen molar-refractivity contribution in [3.63, 3.8) is 0 Å². The number of nitrogens with one attached hydrogen (secondary N) is 1. The summed E-state index contributed by atoms with van der Waals surface area (Å²) in [7, 11) is -4.01. The zero-order chi connectivity index (χ0) is 24.7. The molecule has 1 fully saturated rings. The molecule has 0 radical (unpaired) electrons. The Morgan fingerprint density at radius 2 is 1.91 bits per heavy atom. The Labute approximate surface area is 199 Å². The van der Waals surface area contributed by atoms with Crippen molar-refractivity contribution in [3.05, 3.63) is 60.3 Å². The summed E-state index contributed by atoms with van der Waals surface area (Å²) in [6.07, 6.45) is -0.415. The van der Waals surface area contributed by atoms with E-state index in [0.29, 0.717) is 22.3 Å². The van der Waals surface area contributed by atoms with Crippen molar-refractivity contribution in [2.75, 3.05) is 12.3 Å². The molecule has 4 heterocycles. The van der Waals surface area contributed by atoms with Gasteiger partial charge in [0.05, 0.1) is 10.9 Å². The molecule has 1 aromatic carbocycles. The van der Waals surface area contributed by atoms with Gasteiger partial charge in [0.25, 0.3) is 10.2 Å². The van der Waals surface area contributed by atoms with E-state index in [4.69, 9.17) is 15.6 Å². The van der Waals surface area contributed by atoms with Crippen molar-refractivity contribution in [1.82, 2.24) is 24.2 Å². The maximum atomic E-state index is 11.2. The summed E-state index contributed by atoms with van der Waals surface area (Å²) < 4.78 is 31.8. The lowest BCUT2D eigenvalue weighted by Crippen LogP contribution is -2.42. The fraction of sp³-hybridized carbons (Fsp3) is 0.227. The Hall–Kier alpha value is -3.64. The Morgan fingerprint density at radius 1 is 1.11 bits per heavy atom. The Kier molecular flexibility index (Phi) is 5.85. The number of hydrogen-bond acceptors (Lipinski definition) is 9. The molecule has 0 aliphatic carbocycles. The largest absolute Gasteiger partial charge is 0.387 e. The first-order valence-electron chi connectivity index (χ1n) is 10.5. The molecule has 35 heavy (non-hydrogen) atoms. The summed E-state index contributed by atoms with van der Waals surface area (Å²) in [4.78, 5) is 12.7. The Morgan fingerprint density at radius 3 is 2.71 bits per heavy atom. The zero-order valence-electron chi connectivity index (χ0n) is 18.1. The van der Waals surface area contributed by atoms with Crippen LogP contribution in [0.5, 0.6) is 0 Å². The number of ether oxygens (including phenoxy) is 1. The molecule has 4 aromatic rings. The number of nitrogens with zero attached hydrogens (tertiary/aromatic N) is 4. The van der Waals surface area contributed by atoms with Crippen molar-refractivity contribution in [2.45, 2.75) is 24.5 Å². The average Bonchev–Trinajstić information content (AvgIpc) is 3.34. The monoisotopic (exact) mass is 495 g/mol. The van der Waals surface area contributed by atoms with E-state index >= 15 is 0 Å². The number of fused-ring (bicyclic) bond motifs is 2. The van der Waals surface area contributed by atoms with Gasteiger partial charge < -0.3 is 25.3 Å². The van der Waals surface area contributed by atoms with E-state index in [-0.39, 0.29) is 12.4 Å². The first-order chi connectivity index (χ1) is 16.7. The number of anilines is 1. The van der Waals surface area contributed by atoms with Gasteiger partial charge in [0, 0.05) is 24.3 Å². The first kappa shape index (κ1) is 23.1. The zero-order valence-corrected chi connectivity index (χ0v) is 18.9. The van der Waals surface area contributed by atoms with Crippen LogP contribution in [0.25, 0.3) is 21.8 Å². The number of benzene rings is 1. The molecule has 4 atom stereocenters. The van der Waals surface area contributed by atoms with Gasteiger partial charge in [-0.3, -0.25) is 0 Å². The van der Waals surface area contributed by atoms with E-state index in [1.807, 2.05) is 30.3 Å². The van der Waals surface area contributed by atoms with Crippen LogP contribution in [0, 0.1) is 11.8 Å². The molecule has 13 heteroatoms. The predicted molar refractivity (Wildman–Crippen MR) is 127 cm³/mol. The molecule has 3 aromatic heterocycles. The number of rotatable bonds is 4. The number of aliphatic hydroxyl groups is 2. The number of nitrogens with two attached hydrogens (primary N) is 2. The quantitative estimate of drug-likeness (QED) is 0.229. The van der Waals surface area contributed by atoms with E-state index in [0.717, 1.165) is 10.8 Å².